The smallest absolute Gasteiger partial charge is 0.118 e. The summed E-state index contributed by atoms with van der Waals surface area (Å²) < 4.78 is 0. The van der Waals surface area contributed by atoms with Crippen molar-refractivity contribution in [2.24, 2.45) is 11.1 Å². The van der Waals surface area contributed by atoms with Crippen LogP contribution in [0.15, 0.2) is 5.18 Å². The van der Waals surface area contributed by atoms with E-state index in [1.165, 1.54) is 0 Å². The molecule has 1 aliphatic rings. The summed E-state index contributed by atoms with van der Waals surface area (Å²) >= 11 is 0. The maximum atomic E-state index is 10.4. The molecule has 1 rings (SSSR count). The molecule has 0 amide bonds. The first-order valence-corrected chi connectivity index (χ1v) is 4.12. The first-order valence-electron chi connectivity index (χ1n) is 3.54. The average molecular weight is 177 g/mol. The van der Waals surface area contributed by atoms with E-state index in [1.54, 1.807) is 6.92 Å². The second-order valence-electron chi connectivity index (χ2n) is 2.91. The van der Waals surface area contributed by atoms with Crippen molar-refractivity contribution >= 4 is 9.24 Å². The highest BCUT2D eigenvalue weighted by Gasteiger charge is 2.33. The quantitative estimate of drug-likeness (QED) is 0.363. The van der Waals surface area contributed by atoms with Crippen LogP contribution >= 0.6 is 9.24 Å². The Bertz CT molecular complexity index is 145. The highest BCUT2D eigenvalue weighted by Crippen LogP contribution is 2.33. The fourth-order valence-corrected chi connectivity index (χ4v) is 1.26. The molecule has 0 saturated carbocycles. The molecule has 1 heterocycles. The SMILES string of the molecule is CC(P)(N=O)C1CCOOC1. The van der Waals surface area contributed by atoms with Crippen molar-refractivity contribution in [2.45, 2.75) is 18.6 Å². The summed E-state index contributed by atoms with van der Waals surface area (Å²) in [6.07, 6.45) is 0.825. The van der Waals surface area contributed by atoms with Gasteiger partial charge in [-0.3, -0.25) is 0 Å². The Kier molecular flexibility index (Phi) is 2.93. The van der Waals surface area contributed by atoms with Crippen molar-refractivity contribution in [1.29, 1.82) is 0 Å². The molecule has 1 saturated heterocycles. The van der Waals surface area contributed by atoms with E-state index in [2.05, 4.69) is 19.3 Å². The predicted molar refractivity (Wildman–Crippen MR) is 43.9 cm³/mol. The first kappa shape index (κ1) is 9.04. The van der Waals surface area contributed by atoms with Gasteiger partial charge in [-0.2, -0.15) is 0 Å². The van der Waals surface area contributed by atoms with Gasteiger partial charge in [-0.25, -0.2) is 9.78 Å². The van der Waals surface area contributed by atoms with Gasteiger partial charge in [-0.15, -0.1) is 14.1 Å². The second-order valence-corrected chi connectivity index (χ2v) is 4.08. The van der Waals surface area contributed by atoms with Crippen LogP contribution in [0, 0.1) is 10.8 Å². The van der Waals surface area contributed by atoms with Gasteiger partial charge in [0.15, 0.2) is 0 Å². The molecule has 0 aromatic heterocycles. The maximum absolute atomic E-state index is 10.4. The van der Waals surface area contributed by atoms with E-state index in [0.717, 1.165) is 6.42 Å². The molecule has 0 aromatic carbocycles. The molecule has 64 valence electrons. The Balaban J connectivity index is 2.50. The van der Waals surface area contributed by atoms with Crippen molar-refractivity contribution in [2.75, 3.05) is 13.2 Å². The van der Waals surface area contributed by atoms with Gasteiger partial charge in [0.25, 0.3) is 0 Å². The van der Waals surface area contributed by atoms with Crippen LogP contribution in [0.25, 0.3) is 0 Å². The van der Waals surface area contributed by atoms with Gasteiger partial charge in [0.2, 0.25) is 0 Å². The van der Waals surface area contributed by atoms with Crippen LogP contribution in [0.4, 0.5) is 0 Å². The minimum absolute atomic E-state index is 0.152. The number of nitroso groups, excluding NO2 is 1. The van der Waals surface area contributed by atoms with Crippen molar-refractivity contribution in [3.63, 3.8) is 0 Å². The van der Waals surface area contributed by atoms with E-state index in [1.807, 2.05) is 0 Å². The lowest BCUT2D eigenvalue weighted by Gasteiger charge is -2.29. The Labute approximate surface area is 67.7 Å². The summed E-state index contributed by atoms with van der Waals surface area (Å²) in [6, 6.07) is 0. The molecule has 3 unspecified atom stereocenters. The Morgan fingerprint density at radius 3 is 2.82 bits per heavy atom. The molecule has 0 bridgehead atoms. The van der Waals surface area contributed by atoms with E-state index >= 15 is 0 Å². The molecular weight excluding hydrogens is 165 g/mol. The molecule has 1 aliphatic heterocycles. The third-order valence-electron chi connectivity index (χ3n) is 1.93. The molecule has 0 N–H and O–H groups in total. The zero-order valence-electron chi connectivity index (χ0n) is 6.45. The van der Waals surface area contributed by atoms with Gasteiger partial charge in [-0.05, 0) is 13.3 Å². The van der Waals surface area contributed by atoms with Crippen LogP contribution in [0.3, 0.4) is 0 Å². The third kappa shape index (κ3) is 2.19. The van der Waals surface area contributed by atoms with E-state index in [9.17, 15) is 4.91 Å². The van der Waals surface area contributed by atoms with E-state index in [-0.39, 0.29) is 5.92 Å². The van der Waals surface area contributed by atoms with Gasteiger partial charge >= 0.3 is 0 Å². The molecule has 1 fully saturated rings. The highest BCUT2D eigenvalue weighted by atomic mass is 31.0. The van der Waals surface area contributed by atoms with E-state index in [4.69, 9.17) is 4.89 Å². The standard InChI is InChI=1S/C6H12NO3P/c1-6(11,7-8)5-2-3-9-10-4-5/h5H,2-4,11H2,1H3. The predicted octanol–water partition coefficient (Wildman–Crippen LogP) is 1.31. The monoisotopic (exact) mass is 177 g/mol. The van der Waals surface area contributed by atoms with Gasteiger partial charge < -0.3 is 0 Å². The zero-order valence-corrected chi connectivity index (χ0v) is 7.60. The van der Waals surface area contributed by atoms with Crippen LogP contribution in [0.2, 0.25) is 0 Å². The third-order valence-corrected chi connectivity index (χ3v) is 2.50. The highest BCUT2D eigenvalue weighted by molar-refractivity contribution is 7.18. The Morgan fingerprint density at radius 1 is 1.64 bits per heavy atom. The summed E-state index contributed by atoms with van der Waals surface area (Å²) in [7, 11) is 2.44. The lowest BCUT2D eigenvalue weighted by molar-refractivity contribution is -0.326. The van der Waals surface area contributed by atoms with Crippen molar-refractivity contribution in [1.82, 2.24) is 0 Å². The summed E-state index contributed by atoms with van der Waals surface area (Å²) in [5.74, 6) is 0.152. The maximum Gasteiger partial charge on any atom is 0.118 e. The van der Waals surface area contributed by atoms with Gasteiger partial charge in [-0.1, -0.05) is 5.18 Å². The van der Waals surface area contributed by atoms with Crippen molar-refractivity contribution in [3.8, 4) is 0 Å². The van der Waals surface area contributed by atoms with Crippen LogP contribution in [-0.2, 0) is 9.78 Å². The largest absolute Gasteiger partial charge is 0.237 e. The fraction of sp³-hybridized carbons (Fsp3) is 1.00. The molecule has 4 nitrogen and oxygen atoms in total. The number of hydrogen-bond donors (Lipinski definition) is 0. The lowest BCUT2D eigenvalue weighted by atomic mass is 9.98. The molecule has 0 aliphatic carbocycles. The van der Waals surface area contributed by atoms with Crippen molar-refractivity contribution < 1.29 is 9.78 Å². The molecule has 3 atom stereocenters. The average Bonchev–Trinajstić information content (AvgIpc) is 2.06. The molecule has 5 heteroatoms. The summed E-state index contributed by atoms with van der Waals surface area (Å²) in [4.78, 5) is 19.8. The summed E-state index contributed by atoms with van der Waals surface area (Å²) in [6.45, 7) is 2.78. The fourth-order valence-electron chi connectivity index (χ4n) is 0.998. The molecule has 0 aromatic rings. The summed E-state index contributed by atoms with van der Waals surface area (Å²) in [5, 5.41) is 2.41. The topological polar surface area (TPSA) is 47.9 Å². The van der Waals surface area contributed by atoms with Gasteiger partial charge in [0.1, 0.15) is 5.28 Å². The minimum atomic E-state index is -0.607. The molecular formula is C6H12NO3P. The molecule has 11 heavy (non-hydrogen) atoms. The number of nitrogens with zero attached hydrogens (tertiary/aromatic N) is 1. The van der Waals surface area contributed by atoms with Crippen LogP contribution < -0.4 is 0 Å². The minimum Gasteiger partial charge on any atom is -0.237 e. The van der Waals surface area contributed by atoms with Gasteiger partial charge in [0.05, 0.1) is 13.2 Å². The Hall–Kier alpha value is -0.0500. The second kappa shape index (κ2) is 3.57. The van der Waals surface area contributed by atoms with Crippen LogP contribution in [-0.4, -0.2) is 18.5 Å². The van der Waals surface area contributed by atoms with Gasteiger partial charge in [0, 0.05) is 5.92 Å². The molecule has 0 radical (unpaired) electrons. The van der Waals surface area contributed by atoms with Crippen LogP contribution in [0.1, 0.15) is 13.3 Å². The van der Waals surface area contributed by atoms with Crippen molar-refractivity contribution in [3.05, 3.63) is 4.91 Å². The Morgan fingerprint density at radius 2 is 2.36 bits per heavy atom. The lowest BCUT2D eigenvalue weighted by Crippen LogP contribution is -2.33. The molecule has 0 spiro atoms. The number of hydrogen-bond acceptors (Lipinski definition) is 4. The normalized spacial score (nSPS) is 30.9. The van der Waals surface area contributed by atoms with E-state index in [0.29, 0.717) is 13.2 Å². The summed E-state index contributed by atoms with van der Waals surface area (Å²) in [5.41, 5.74) is 0. The number of rotatable bonds is 2. The van der Waals surface area contributed by atoms with E-state index < -0.39 is 5.28 Å². The van der Waals surface area contributed by atoms with Crippen LogP contribution in [0.5, 0.6) is 0 Å². The first-order chi connectivity index (χ1) is 5.17. The zero-order chi connectivity index (χ0) is 8.32.